The number of thiazole rings is 1. The molecule has 0 aromatic carbocycles. The third-order valence-corrected chi connectivity index (χ3v) is 9.79. The molecule has 6 rings (SSSR count). The van der Waals surface area contributed by atoms with Gasteiger partial charge in [0.1, 0.15) is 0 Å². The molecule has 1 aliphatic heterocycles. The number of morpholine rings is 1. The van der Waals surface area contributed by atoms with Crippen LogP contribution in [0.3, 0.4) is 0 Å². The van der Waals surface area contributed by atoms with Crippen LogP contribution in [-0.2, 0) is 14.8 Å². The second-order valence-corrected chi connectivity index (χ2v) is 12.9. The van der Waals surface area contributed by atoms with E-state index in [9.17, 15) is 13.2 Å². The number of fused-ring (bicyclic) bond motifs is 1. The van der Waals surface area contributed by atoms with E-state index in [0.717, 1.165) is 29.0 Å². The van der Waals surface area contributed by atoms with Crippen LogP contribution in [0.4, 0.5) is 5.69 Å². The number of carbonyl (C=O) groups is 1. The molecule has 4 aromatic heterocycles. The highest BCUT2D eigenvalue weighted by Crippen LogP contribution is 2.32. The number of sulfonamides is 1. The Balaban J connectivity index is 1.24. The fourth-order valence-corrected chi connectivity index (χ4v) is 6.83. The highest BCUT2D eigenvalue weighted by atomic mass is 35.5. The zero-order chi connectivity index (χ0) is 27.0. The molecule has 5 heterocycles. The van der Waals surface area contributed by atoms with Gasteiger partial charge in [0.25, 0.3) is 5.91 Å². The molecule has 204 valence electrons. The number of pyridine rings is 2. The van der Waals surface area contributed by atoms with Gasteiger partial charge in [-0.1, -0.05) is 11.6 Å². The van der Waals surface area contributed by atoms with E-state index in [1.54, 1.807) is 47.5 Å². The zero-order valence-electron chi connectivity index (χ0n) is 20.8. The monoisotopic (exact) mass is 587 g/mol. The molecular formula is C25H26ClN7O4S2. The van der Waals surface area contributed by atoms with Gasteiger partial charge in [0, 0.05) is 48.8 Å². The Labute approximate surface area is 234 Å². The number of anilines is 1. The average Bonchev–Trinajstić information content (AvgIpc) is 3.55. The summed E-state index contributed by atoms with van der Waals surface area (Å²) in [6, 6.07) is 6.38. The summed E-state index contributed by atoms with van der Waals surface area (Å²) in [5.74, 6) is -0.343. The summed E-state index contributed by atoms with van der Waals surface area (Å²) in [6.45, 7) is 3.15. The Kier molecular flexibility index (Phi) is 7.25. The van der Waals surface area contributed by atoms with Gasteiger partial charge in [-0.25, -0.2) is 17.9 Å². The van der Waals surface area contributed by atoms with Gasteiger partial charge in [-0.3, -0.25) is 19.4 Å². The summed E-state index contributed by atoms with van der Waals surface area (Å²) in [4.78, 5) is 25.2. The zero-order valence-corrected chi connectivity index (χ0v) is 23.2. The molecule has 39 heavy (non-hydrogen) atoms. The van der Waals surface area contributed by atoms with Gasteiger partial charge < -0.3 is 10.1 Å². The summed E-state index contributed by atoms with van der Waals surface area (Å²) in [5.41, 5.74) is 2.63. The number of rotatable bonds is 9. The summed E-state index contributed by atoms with van der Waals surface area (Å²) < 4.78 is 34.8. The topological polar surface area (TPSA) is 131 Å². The Morgan fingerprint density at radius 1 is 1.18 bits per heavy atom. The van der Waals surface area contributed by atoms with E-state index < -0.39 is 16.1 Å². The lowest BCUT2D eigenvalue weighted by molar-refractivity contribution is 0.0330. The van der Waals surface area contributed by atoms with E-state index in [1.807, 2.05) is 6.07 Å². The van der Waals surface area contributed by atoms with E-state index in [-0.39, 0.29) is 11.2 Å². The fourth-order valence-electron chi connectivity index (χ4n) is 4.45. The Morgan fingerprint density at radius 3 is 2.79 bits per heavy atom. The molecule has 2 aliphatic rings. The van der Waals surface area contributed by atoms with Crippen molar-refractivity contribution in [3.63, 3.8) is 0 Å². The van der Waals surface area contributed by atoms with Gasteiger partial charge in [0.2, 0.25) is 10.0 Å². The molecule has 1 aliphatic carbocycles. The first-order chi connectivity index (χ1) is 18.9. The second-order valence-electron chi connectivity index (χ2n) is 9.52. The molecular weight excluding hydrogens is 562 g/mol. The lowest BCUT2D eigenvalue weighted by atomic mass is 10.1. The predicted octanol–water partition coefficient (Wildman–Crippen LogP) is 3.21. The SMILES string of the molecule is O=C(N[C@H](CN1CCOCC1)c1cc(NS(=O)(=O)C2CC2)ccn1)c1ncc(-c2cnn3ccc(Cl)cc23)s1. The number of nitrogens with zero attached hydrogens (tertiary/aromatic N) is 5. The molecule has 0 spiro atoms. The minimum absolute atomic E-state index is 0.295. The van der Waals surface area contributed by atoms with E-state index in [2.05, 4.69) is 30.0 Å². The van der Waals surface area contributed by atoms with Gasteiger partial charge in [0.15, 0.2) is 5.01 Å². The number of nitrogens with one attached hydrogen (secondary N) is 2. The molecule has 11 nitrogen and oxygen atoms in total. The molecule has 0 unspecified atom stereocenters. The summed E-state index contributed by atoms with van der Waals surface area (Å²) >= 11 is 7.44. The standard InChI is InChI=1S/C25H26ClN7O4S2/c26-16-4-6-33-22(11-16)19(13-29-33)23-14-28-25(38-23)24(34)30-21(15-32-7-9-37-10-8-32)20-12-17(3-5-27-20)31-39(35,36)18-1-2-18/h3-6,11-14,18,21H,1-2,7-10,15H2,(H,27,31)(H,30,34)/t21-/m1/s1. The quantitative estimate of drug-likeness (QED) is 0.305. The van der Waals surface area contributed by atoms with Gasteiger partial charge in [-0.2, -0.15) is 5.10 Å². The van der Waals surface area contributed by atoms with E-state index in [0.29, 0.717) is 54.0 Å². The molecule has 14 heteroatoms. The Morgan fingerprint density at radius 2 is 2.00 bits per heavy atom. The maximum atomic E-state index is 13.4. The molecule has 4 aromatic rings. The number of hydrogen-bond acceptors (Lipinski definition) is 9. The van der Waals surface area contributed by atoms with E-state index in [1.165, 1.54) is 11.3 Å². The van der Waals surface area contributed by atoms with Gasteiger partial charge in [0.05, 0.1) is 52.5 Å². The molecule has 1 saturated heterocycles. The smallest absolute Gasteiger partial charge is 0.280 e. The van der Waals surface area contributed by atoms with Crippen LogP contribution in [0, 0.1) is 0 Å². The van der Waals surface area contributed by atoms with Crippen LogP contribution in [0.15, 0.2) is 49.1 Å². The number of amides is 1. The van der Waals surface area contributed by atoms with Crippen molar-refractivity contribution in [2.24, 2.45) is 0 Å². The first-order valence-corrected chi connectivity index (χ1v) is 15.3. The second kappa shape index (κ2) is 10.8. The van der Waals surface area contributed by atoms with Crippen LogP contribution in [0.1, 0.15) is 34.4 Å². The van der Waals surface area contributed by atoms with Gasteiger partial charge >= 0.3 is 0 Å². The third-order valence-electron chi connectivity index (χ3n) is 6.66. The Hall–Kier alpha value is -3.10. The first kappa shape index (κ1) is 26.1. The molecule has 1 amide bonds. The maximum Gasteiger partial charge on any atom is 0.280 e. The lowest BCUT2D eigenvalue weighted by Crippen LogP contribution is -2.43. The number of carbonyl (C=O) groups excluding carboxylic acids is 1. The van der Waals surface area contributed by atoms with Crippen molar-refractivity contribution in [2.45, 2.75) is 24.1 Å². The van der Waals surface area contributed by atoms with Crippen molar-refractivity contribution in [2.75, 3.05) is 37.6 Å². The predicted molar refractivity (Wildman–Crippen MR) is 149 cm³/mol. The van der Waals surface area contributed by atoms with Crippen LogP contribution >= 0.6 is 22.9 Å². The summed E-state index contributed by atoms with van der Waals surface area (Å²) in [7, 11) is -3.43. The number of hydrogen-bond donors (Lipinski definition) is 2. The highest BCUT2D eigenvalue weighted by Gasteiger charge is 2.36. The van der Waals surface area contributed by atoms with E-state index in [4.69, 9.17) is 16.3 Å². The molecule has 2 fully saturated rings. The number of ether oxygens (including phenoxy) is 1. The molecule has 0 bridgehead atoms. The first-order valence-electron chi connectivity index (χ1n) is 12.5. The van der Waals surface area contributed by atoms with Crippen LogP contribution in [0.25, 0.3) is 16.0 Å². The number of halogens is 1. The van der Waals surface area contributed by atoms with Crippen LogP contribution < -0.4 is 10.0 Å². The third kappa shape index (κ3) is 5.92. The fraction of sp³-hybridized carbons (Fsp3) is 0.360. The Bertz CT molecular complexity index is 1610. The van der Waals surface area contributed by atoms with Crippen molar-refractivity contribution in [1.29, 1.82) is 0 Å². The molecule has 1 atom stereocenters. The molecule has 2 N–H and O–H groups in total. The van der Waals surface area contributed by atoms with Gasteiger partial charge in [-0.15, -0.1) is 11.3 Å². The lowest BCUT2D eigenvalue weighted by Gasteiger charge is -2.30. The minimum atomic E-state index is -3.43. The van der Waals surface area contributed by atoms with Crippen LogP contribution in [0.5, 0.6) is 0 Å². The normalized spacial score (nSPS) is 17.3. The largest absolute Gasteiger partial charge is 0.379 e. The summed E-state index contributed by atoms with van der Waals surface area (Å²) in [5, 5.41) is 7.97. The van der Waals surface area contributed by atoms with Crippen molar-refractivity contribution in [3.05, 3.63) is 64.8 Å². The van der Waals surface area contributed by atoms with Crippen molar-refractivity contribution in [1.82, 2.24) is 29.8 Å². The average molecular weight is 588 g/mol. The van der Waals surface area contributed by atoms with Crippen LogP contribution in [0.2, 0.25) is 5.02 Å². The molecule has 1 saturated carbocycles. The van der Waals surface area contributed by atoms with Crippen molar-refractivity contribution >= 4 is 50.1 Å². The van der Waals surface area contributed by atoms with Gasteiger partial charge in [-0.05, 0) is 37.1 Å². The molecule has 0 radical (unpaired) electrons. The number of aromatic nitrogens is 4. The minimum Gasteiger partial charge on any atom is -0.379 e. The van der Waals surface area contributed by atoms with Crippen molar-refractivity contribution in [3.8, 4) is 10.4 Å². The van der Waals surface area contributed by atoms with Crippen molar-refractivity contribution < 1.29 is 17.9 Å². The highest BCUT2D eigenvalue weighted by molar-refractivity contribution is 7.93. The maximum absolute atomic E-state index is 13.4. The van der Waals surface area contributed by atoms with E-state index >= 15 is 0 Å². The summed E-state index contributed by atoms with van der Waals surface area (Å²) in [6.07, 6.45) is 8.04. The van der Waals surface area contributed by atoms with Crippen LogP contribution in [-0.4, -0.2) is 76.9 Å².